The second-order valence-electron chi connectivity index (χ2n) is 4.97. The molecule has 0 unspecified atom stereocenters. The van der Waals surface area contributed by atoms with Crippen LogP contribution in [0.1, 0.15) is 29.7 Å². The second kappa shape index (κ2) is 6.78. The Kier molecular flexibility index (Phi) is 5.05. The molecule has 0 amide bonds. The summed E-state index contributed by atoms with van der Waals surface area (Å²) >= 11 is 5.91. The molecular weight excluding hydrogens is 270 g/mol. The van der Waals surface area contributed by atoms with E-state index in [9.17, 15) is 0 Å². The first-order valence-electron chi connectivity index (χ1n) is 6.72. The number of hydrogen-bond donors (Lipinski definition) is 1. The summed E-state index contributed by atoms with van der Waals surface area (Å²) in [6, 6.07) is 14.4. The van der Waals surface area contributed by atoms with E-state index in [1.807, 2.05) is 30.3 Å². The fraction of sp³-hybridized carbons (Fsp3) is 0.294. The minimum atomic E-state index is 0.262. The maximum atomic E-state index is 5.91. The molecule has 0 radical (unpaired) electrons. The van der Waals surface area contributed by atoms with E-state index >= 15 is 0 Å². The van der Waals surface area contributed by atoms with Crippen LogP contribution in [0.5, 0.6) is 5.75 Å². The molecule has 1 atom stereocenters. The molecule has 0 aliphatic rings. The Hall–Kier alpha value is -1.51. The Balaban J connectivity index is 2.04. The first kappa shape index (κ1) is 14.9. The maximum absolute atomic E-state index is 5.91. The zero-order valence-corrected chi connectivity index (χ0v) is 12.9. The fourth-order valence-electron chi connectivity index (χ4n) is 2.18. The lowest BCUT2D eigenvalue weighted by Gasteiger charge is -2.16. The predicted octanol–water partition coefficient (Wildman–Crippen LogP) is 4.51. The summed E-state index contributed by atoms with van der Waals surface area (Å²) in [6.07, 6.45) is 0. The summed E-state index contributed by atoms with van der Waals surface area (Å²) < 4.78 is 5.40. The zero-order chi connectivity index (χ0) is 14.5. The highest BCUT2D eigenvalue weighted by Gasteiger charge is 2.07. The topological polar surface area (TPSA) is 21.3 Å². The lowest BCUT2D eigenvalue weighted by atomic mass is 10.1. The normalized spacial score (nSPS) is 12.2. The van der Waals surface area contributed by atoms with Crippen molar-refractivity contribution in [1.82, 2.24) is 5.32 Å². The maximum Gasteiger partial charge on any atom is 0.123 e. The average molecular weight is 290 g/mol. The number of halogens is 1. The molecule has 2 rings (SSSR count). The largest absolute Gasteiger partial charge is 0.496 e. The molecular formula is C17H20ClNO. The van der Waals surface area contributed by atoms with E-state index in [1.165, 1.54) is 16.7 Å². The van der Waals surface area contributed by atoms with Crippen LogP contribution in [-0.2, 0) is 6.54 Å². The van der Waals surface area contributed by atoms with Crippen LogP contribution < -0.4 is 10.1 Å². The minimum Gasteiger partial charge on any atom is -0.496 e. The van der Waals surface area contributed by atoms with E-state index < -0.39 is 0 Å². The summed E-state index contributed by atoms with van der Waals surface area (Å²) in [7, 11) is 1.71. The monoisotopic (exact) mass is 289 g/mol. The second-order valence-corrected chi connectivity index (χ2v) is 5.41. The van der Waals surface area contributed by atoms with Gasteiger partial charge in [0.15, 0.2) is 0 Å². The molecule has 0 aliphatic heterocycles. The lowest BCUT2D eigenvalue weighted by Crippen LogP contribution is -2.18. The summed E-state index contributed by atoms with van der Waals surface area (Å²) in [5.41, 5.74) is 3.64. The van der Waals surface area contributed by atoms with Crippen LogP contribution in [0.25, 0.3) is 0 Å². The predicted molar refractivity (Wildman–Crippen MR) is 84.4 cm³/mol. The van der Waals surface area contributed by atoms with Crippen LogP contribution in [0.2, 0.25) is 5.02 Å². The number of hydrogen-bond acceptors (Lipinski definition) is 2. The highest BCUT2D eigenvalue weighted by atomic mass is 35.5. The highest BCUT2D eigenvalue weighted by molar-refractivity contribution is 6.30. The molecule has 0 saturated carbocycles. The molecule has 3 heteroatoms. The average Bonchev–Trinajstić information content (AvgIpc) is 2.45. The van der Waals surface area contributed by atoms with E-state index in [0.717, 1.165) is 17.3 Å². The number of ether oxygens (including phenoxy) is 1. The van der Waals surface area contributed by atoms with Crippen LogP contribution in [0.15, 0.2) is 42.5 Å². The molecule has 20 heavy (non-hydrogen) atoms. The lowest BCUT2D eigenvalue weighted by molar-refractivity contribution is 0.406. The van der Waals surface area contributed by atoms with Gasteiger partial charge in [0.2, 0.25) is 0 Å². The van der Waals surface area contributed by atoms with Gasteiger partial charge in [-0.05, 0) is 37.6 Å². The number of benzene rings is 2. The van der Waals surface area contributed by atoms with Crippen molar-refractivity contribution in [2.45, 2.75) is 26.4 Å². The fourth-order valence-corrected chi connectivity index (χ4v) is 2.30. The molecule has 0 heterocycles. The third kappa shape index (κ3) is 3.75. The molecule has 1 N–H and O–H groups in total. The molecule has 2 nitrogen and oxygen atoms in total. The molecule has 0 bridgehead atoms. The Morgan fingerprint density at radius 1 is 1.15 bits per heavy atom. The van der Waals surface area contributed by atoms with Crippen molar-refractivity contribution in [1.29, 1.82) is 0 Å². The zero-order valence-electron chi connectivity index (χ0n) is 12.1. The van der Waals surface area contributed by atoms with Crippen molar-refractivity contribution >= 4 is 11.6 Å². The molecule has 0 spiro atoms. The summed E-state index contributed by atoms with van der Waals surface area (Å²) in [5.74, 6) is 0.923. The smallest absolute Gasteiger partial charge is 0.123 e. The molecule has 0 saturated heterocycles. The number of rotatable bonds is 5. The third-order valence-corrected chi connectivity index (χ3v) is 3.66. The van der Waals surface area contributed by atoms with Crippen LogP contribution in [0, 0.1) is 6.92 Å². The van der Waals surface area contributed by atoms with E-state index in [-0.39, 0.29) is 6.04 Å². The molecule has 2 aromatic rings. The van der Waals surface area contributed by atoms with Crippen molar-refractivity contribution in [3.63, 3.8) is 0 Å². The Labute approximate surface area is 125 Å². The summed E-state index contributed by atoms with van der Waals surface area (Å²) in [6.45, 7) is 5.01. The summed E-state index contributed by atoms with van der Waals surface area (Å²) in [5, 5.41) is 4.28. The van der Waals surface area contributed by atoms with Gasteiger partial charge < -0.3 is 10.1 Å². The number of aryl methyl sites for hydroxylation is 1. The van der Waals surface area contributed by atoms with Crippen molar-refractivity contribution in [3.8, 4) is 5.75 Å². The van der Waals surface area contributed by atoms with E-state index in [1.54, 1.807) is 7.11 Å². The Morgan fingerprint density at radius 2 is 1.85 bits per heavy atom. The van der Waals surface area contributed by atoms with Crippen LogP contribution in [-0.4, -0.2) is 7.11 Å². The van der Waals surface area contributed by atoms with Gasteiger partial charge in [-0.1, -0.05) is 41.4 Å². The quantitative estimate of drug-likeness (QED) is 0.874. The molecule has 2 aromatic carbocycles. The minimum absolute atomic E-state index is 0.262. The van der Waals surface area contributed by atoms with Gasteiger partial charge in [0.05, 0.1) is 7.11 Å². The van der Waals surface area contributed by atoms with Crippen LogP contribution in [0.3, 0.4) is 0 Å². The van der Waals surface area contributed by atoms with Gasteiger partial charge in [-0.2, -0.15) is 0 Å². The van der Waals surface area contributed by atoms with Gasteiger partial charge in [-0.25, -0.2) is 0 Å². The summed E-state index contributed by atoms with van der Waals surface area (Å²) in [4.78, 5) is 0. The highest BCUT2D eigenvalue weighted by Crippen LogP contribution is 2.21. The molecule has 0 aromatic heterocycles. The Bertz CT molecular complexity index is 566. The van der Waals surface area contributed by atoms with Gasteiger partial charge >= 0.3 is 0 Å². The number of methoxy groups -OCH3 is 1. The van der Waals surface area contributed by atoms with Crippen molar-refractivity contribution in [3.05, 3.63) is 64.2 Å². The van der Waals surface area contributed by atoms with Crippen molar-refractivity contribution in [2.75, 3.05) is 7.11 Å². The van der Waals surface area contributed by atoms with Gasteiger partial charge in [0.25, 0.3) is 0 Å². The first-order chi connectivity index (χ1) is 9.60. The molecule has 106 valence electrons. The van der Waals surface area contributed by atoms with Crippen molar-refractivity contribution in [2.24, 2.45) is 0 Å². The van der Waals surface area contributed by atoms with Gasteiger partial charge in [0, 0.05) is 23.2 Å². The third-order valence-electron chi connectivity index (χ3n) is 3.40. The van der Waals surface area contributed by atoms with E-state index in [4.69, 9.17) is 16.3 Å². The van der Waals surface area contributed by atoms with Crippen LogP contribution >= 0.6 is 11.6 Å². The Morgan fingerprint density at radius 3 is 2.50 bits per heavy atom. The van der Waals surface area contributed by atoms with Crippen molar-refractivity contribution < 1.29 is 4.74 Å². The SMILES string of the molecule is COc1ccc(C)cc1CN[C@H](C)c1ccc(Cl)cc1. The van der Waals surface area contributed by atoms with Gasteiger partial charge in [-0.15, -0.1) is 0 Å². The number of nitrogens with one attached hydrogen (secondary N) is 1. The standard InChI is InChI=1S/C17H20ClNO/c1-12-4-9-17(20-3)15(10-12)11-19-13(2)14-5-7-16(18)8-6-14/h4-10,13,19H,11H2,1-3H3/t13-/m1/s1. The van der Waals surface area contributed by atoms with E-state index in [0.29, 0.717) is 0 Å². The molecule has 0 fully saturated rings. The first-order valence-corrected chi connectivity index (χ1v) is 7.10. The van der Waals surface area contributed by atoms with Crippen LogP contribution in [0.4, 0.5) is 0 Å². The van der Waals surface area contributed by atoms with Gasteiger partial charge in [-0.3, -0.25) is 0 Å². The van der Waals surface area contributed by atoms with E-state index in [2.05, 4.69) is 31.3 Å². The molecule has 0 aliphatic carbocycles. The van der Waals surface area contributed by atoms with Gasteiger partial charge in [0.1, 0.15) is 5.75 Å².